The van der Waals surface area contributed by atoms with E-state index in [0.29, 0.717) is 5.69 Å². The quantitative estimate of drug-likeness (QED) is 0.512. The topological polar surface area (TPSA) is 97.1 Å². The second-order valence-electron chi connectivity index (χ2n) is 4.18. The molecule has 6 nitrogen and oxygen atoms in total. The minimum Gasteiger partial charge on any atom is -0.323 e. The Morgan fingerprint density at radius 3 is 2.83 bits per heavy atom. The van der Waals surface area contributed by atoms with E-state index in [1.54, 1.807) is 0 Å². The first-order chi connectivity index (χ1) is 8.51. The van der Waals surface area contributed by atoms with E-state index in [4.69, 9.17) is 5.84 Å². The van der Waals surface area contributed by atoms with E-state index in [1.165, 1.54) is 18.5 Å². The number of aromatic nitrogens is 1. The number of sulfonamides is 1. The molecule has 1 heterocycles. The third-order valence-electron chi connectivity index (χ3n) is 2.58. The van der Waals surface area contributed by atoms with Gasteiger partial charge < -0.3 is 5.43 Å². The zero-order valence-corrected chi connectivity index (χ0v) is 11.5. The van der Waals surface area contributed by atoms with Crippen LogP contribution in [0.25, 0.3) is 0 Å². The molecule has 0 saturated carbocycles. The first-order valence-corrected chi connectivity index (χ1v) is 7.42. The minimum atomic E-state index is -3.59. The van der Waals surface area contributed by atoms with Crippen molar-refractivity contribution in [3.05, 3.63) is 18.5 Å². The zero-order chi connectivity index (χ0) is 13.6. The van der Waals surface area contributed by atoms with Crippen LogP contribution in [0.15, 0.2) is 23.4 Å². The molecule has 0 spiro atoms. The summed E-state index contributed by atoms with van der Waals surface area (Å²) < 4.78 is 26.9. The summed E-state index contributed by atoms with van der Waals surface area (Å²) in [6.45, 7) is 3.91. The van der Waals surface area contributed by atoms with Gasteiger partial charge in [-0.1, -0.05) is 19.8 Å². The molecule has 0 bridgehead atoms. The van der Waals surface area contributed by atoms with Gasteiger partial charge in [-0.25, -0.2) is 13.1 Å². The molecule has 1 rings (SSSR count). The highest BCUT2D eigenvalue weighted by Gasteiger charge is 2.20. The molecule has 1 atom stereocenters. The maximum Gasteiger partial charge on any atom is 0.244 e. The molecule has 0 aromatic carbocycles. The Hall–Kier alpha value is -1.18. The van der Waals surface area contributed by atoms with Crippen LogP contribution in [0.3, 0.4) is 0 Å². The monoisotopic (exact) mass is 272 g/mol. The molecule has 0 saturated heterocycles. The predicted molar refractivity (Wildman–Crippen MR) is 71.4 cm³/mol. The molecule has 7 heteroatoms. The van der Waals surface area contributed by atoms with Crippen molar-refractivity contribution in [3.63, 3.8) is 0 Å². The molecule has 1 aromatic heterocycles. The SMILES string of the molecule is CCCCC(C)NS(=O)(=O)c1cnccc1NN. The van der Waals surface area contributed by atoms with Gasteiger partial charge in [-0.05, 0) is 19.4 Å². The van der Waals surface area contributed by atoms with Gasteiger partial charge in [-0.15, -0.1) is 0 Å². The fraction of sp³-hybridized carbons (Fsp3) is 0.545. The van der Waals surface area contributed by atoms with Crippen molar-refractivity contribution in [2.45, 2.75) is 44.0 Å². The van der Waals surface area contributed by atoms with Gasteiger partial charge in [-0.2, -0.15) is 0 Å². The summed E-state index contributed by atoms with van der Waals surface area (Å²) in [6, 6.07) is 1.41. The molecule has 1 unspecified atom stereocenters. The van der Waals surface area contributed by atoms with Crippen molar-refractivity contribution in [1.29, 1.82) is 0 Å². The van der Waals surface area contributed by atoms with E-state index in [2.05, 4.69) is 22.1 Å². The molecular weight excluding hydrogens is 252 g/mol. The number of rotatable bonds is 7. The molecule has 4 N–H and O–H groups in total. The second kappa shape index (κ2) is 6.67. The van der Waals surface area contributed by atoms with E-state index in [1.807, 2.05) is 6.92 Å². The van der Waals surface area contributed by atoms with Crippen LogP contribution in [0.2, 0.25) is 0 Å². The summed E-state index contributed by atoms with van der Waals surface area (Å²) >= 11 is 0. The number of nitrogens with two attached hydrogens (primary N) is 1. The van der Waals surface area contributed by atoms with Crippen molar-refractivity contribution in [3.8, 4) is 0 Å². The smallest absolute Gasteiger partial charge is 0.244 e. The zero-order valence-electron chi connectivity index (χ0n) is 10.7. The fourth-order valence-corrected chi connectivity index (χ4v) is 3.00. The largest absolute Gasteiger partial charge is 0.323 e. The standard InChI is InChI=1S/C11H20N4O2S/c1-3-4-5-9(2)15-18(16,17)11-8-13-7-6-10(11)14-12/h6-9,15H,3-5,12H2,1-2H3,(H,13,14). The third-order valence-corrected chi connectivity index (χ3v) is 4.19. The van der Waals surface area contributed by atoms with E-state index in [-0.39, 0.29) is 10.9 Å². The van der Waals surface area contributed by atoms with Gasteiger partial charge in [0, 0.05) is 18.4 Å². The van der Waals surface area contributed by atoms with Gasteiger partial charge in [0.2, 0.25) is 10.0 Å². The fourth-order valence-electron chi connectivity index (χ4n) is 1.61. The highest BCUT2D eigenvalue weighted by molar-refractivity contribution is 7.89. The lowest BCUT2D eigenvalue weighted by Crippen LogP contribution is -2.33. The predicted octanol–water partition coefficient (Wildman–Crippen LogP) is 1.22. The number of hydrogen-bond acceptors (Lipinski definition) is 5. The van der Waals surface area contributed by atoms with Gasteiger partial charge in [0.15, 0.2) is 0 Å². The van der Waals surface area contributed by atoms with Crippen LogP contribution in [-0.2, 0) is 10.0 Å². The van der Waals surface area contributed by atoms with Gasteiger partial charge in [0.1, 0.15) is 4.90 Å². The van der Waals surface area contributed by atoms with Gasteiger partial charge in [-0.3, -0.25) is 10.8 Å². The third kappa shape index (κ3) is 3.94. The molecular formula is C11H20N4O2S. The summed E-state index contributed by atoms with van der Waals surface area (Å²) in [4.78, 5) is 3.88. The van der Waals surface area contributed by atoms with Crippen molar-refractivity contribution < 1.29 is 8.42 Å². The number of nitrogen functional groups attached to an aromatic ring is 1. The van der Waals surface area contributed by atoms with E-state index in [9.17, 15) is 8.42 Å². The first kappa shape index (κ1) is 14.9. The molecule has 102 valence electrons. The number of nitrogens with one attached hydrogen (secondary N) is 2. The highest BCUT2D eigenvalue weighted by atomic mass is 32.2. The van der Waals surface area contributed by atoms with Crippen molar-refractivity contribution in [2.75, 3.05) is 5.43 Å². The molecule has 0 fully saturated rings. The van der Waals surface area contributed by atoms with Crippen LogP contribution in [0, 0.1) is 0 Å². The number of pyridine rings is 1. The van der Waals surface area contributed by atoms with Crippen LogP contribution in [0.4, 0.5) is 5.69 Å². The van der Waals surface area contributed by atoms with E-state index < -0.39 is 10.0 Å². The molecule has 18 heavy (non-hydrogen) atoms. The number of unbranched alkanes of at least 4 members (excludes halogenated alkanes) is 1. The summed E-state index contributed by atoms with van der Waals surface area (Å²) in [5, 5.41) is 0. The van der Waals surface area contributed by atoms with Crippen LogP contribution >= 0.6 is 0 Å². The number of anilines is 1. The molecule has 0 aliphatic carbocycles. The number of hydrazine groups is 1. The lowest BCUT2D eigenvalue weighted by Gasteiger charge is -2.15. The van der Waals surface area contributed by atoms with Crippen LogP contribution in [-0.4, -0.2) is 19.4 Å². The summed E-state index contributed by atoms with van der Waals surface area (Å²) in [5.41, 5.74) is 2.69. The first-order valence-electron chi connectivity index (χ1n) is 5.94. The summed E-state index contributed by atoms with van der Waals surface area (Å²) in [7, 11) is -3.59. The van der Waals surface area contributed by atoms with Crippen molar-refractivity contribution >= 4 is 15.7 Å². The Morgan fingerprint density at radius 2 is 2.22 bits per heavy atom. The lowest BCUT2D eigenvalue weighted by atomic mass is 10.2. The number of nitrogens with zero attached hydrogens (tertiary/aromatic N) is 1. The molecule has 1 aromatic rings. The van der Waals surface area contributed by atoms with Crippen LogP contribution < -0.4 is 16.0 Å². The molecule has 0 radical (unpaired) electrons. The summed E-state index contributed by atoms with van der Waals surface area (Å²) in [5.74, 6) is 5.29. The number of hydrogen-bond donors (Lipinski definition) is 3. The Kier molecular flexibility index (Phi) is 5.52. The van der Waals surface area contributed by atoms with Crippen LogP contribution in [0.1, 0.15) is 33.1 Å². The normalized spacial score (nSPS) is 13.3. The average molecular weight is 272 g/mol. The Bertz CT molecular complexity index is 476. The second-order valence-corrected chi connectivity index (χ2v) is 5.86. The molecule has 0 amide bonds. The summed E-state index contributed by atoms with van der Waals surface area (Å²) in [6.07, 6.45) is 5.59. The Labute approximate surface area is 108 Å². The van der Waals surface area contributed by atoms with Crippen molar-refractivity contribution in [1.82, 2.24) is 9.71 Å². The Balaban J connectivity index is 2.86. The average Bonchev–Trinajstić information content (AvgIpc) is 2.35. The molecule has 0 aliphatic heterocycles. The maximum absolute atomic E-state index is 12.1. The van der Waals surface area contributed by atoms with Crippen LogP contribution in [0.5, 0.6) is 0 Å². The molecule has 0 aliphatic rings. The van der Waals surface area contributed by atoms with Gasteiger partial charge in [0.25, 0.3) is 0 Å². The van der Waals surface area contributed by atoms with Gasteiger partial charge in [0.05, 0.1) is 5.69 Å². The maximum atomic E-state index is 12.1. The van der Waals surface area contributed by atoms with E-state index >= 15 is 0 Å². The lowest BCUT2D eigenvalue weighted by molar-refractivity contribution is 0.534. The van der Waals surface area contributed by atoms with Gasteiger partial charge >= 0.3 is 0 Å². The Morgan fingerprint density at radius 1 is 1.50 bits per heavy atom. The van der Waals surface area contributed by atoms with Crippen molar-refractivity contribution in [2.24, 2.45) is 5.84 Å². The highest BCUT2D eigenvalue weighted by Crippen LogP contribution is 2.18. The minimum absolute atomic E-state index is 0.0656. The van der Waals surface area contributed by atoms with E-state index in [0.717, 1.165) is 19.3 Å².